The molecule has 8 heteroatoms. The number of hydrogen-bond donors (Lipinski definition) is 2. The zero-order chi connectivity index (χ0) is 23.1. The van der Waals surface area contributed by atoms with Crippen LogP contribution in [0.4, 0.5) is 10.5 Å². The van der Waals surface area contributed by atoms with Crippen LogP contribution in [0.15, 0.2) is 18.2 Å². The van der Waals surface area contributed by atoms with Gasteiger partial charge < -0.3 is 20.1 Å². The summed E-state index contributed by atoms with van der Waals surface area (Å²) in [7, 11) is 1.45. The zero-order valence-corrected chi connectivity index (χ0v) is 19.1. The van der Waals surface area contributed by atoms with E-state index in [1.54, 1.807) is 0 Å². The van der Waals surface area contributed by atoms with Gasteiger partial charge in [-0.05, 0) is 74.2 Å². The first-order valence-corrected chi connectivity index (χ1v) is 11.6. The van der Waals surface area contributed by atoms with E-state index in [-0.39, 0.29) is 12.0 Å². The van der Waals surface area contributed by atoms with Gasteiger partial charge in [-0.15, -0.1) is 0 Å². The molecule has 8 nitrogen and oxygen atoms in total. The van der Waals surface area contributed by atoms with Crippen molar-refractivity contribution in [2.75, 3.05) is 31.6 Å². The molecular formula is C24H35N3O5. The van der Waals surface area contributed by atoms with Gasteiger partial charge in [0, 0.05) is 44.7 Å². The van der Waals surface area contributed by atoms with Crippen LogP contribution in [0, 0.1) is 5.92 Å². The van der Waals surface area contributed by atoms with Gasteiger partial charge in [-0.3, -0.25) is 14.5 Å². The van der Waals surface area contributed by atoms with Crippen LogP contribution >= 0.6 is 0 Å². The van der Waals surface area contributed by atoms with Gasteiger partial charge in [-0.1, -0.05) is 6.07 Å². The molecule has 1 aromatic rings. The fourth-order valence-corrected chi connectivity index (χ4v) is 4.93. The van der Waals surface area contributed by atoms with E-state index < -0.39 is 5.97 Å². The molecule has 0 radical (unpaired) electrons. The fraction of sp³-hybridized carbons (Fsp3) is 0.625. The van der Waals surface area contributed by atoms with E-state index in [9.17, 15) is 9.59 Å². The lowest BCUT2D eigenvalue weighted by Gasteiger charge is -2.34. The van der Waals surface area contributed by atoms with Gasteiger partial charge in [-0.25, -0.2) is 4.79 Å². The Bertz CT molecular complexity index is 816. The number of nitrogens with zero attached hydrogens (tertiary/aromatic N) is 2. The predicted octanol–water partition coefficient (Wildman–Crippen LogP) is 3.18. The number of nitrogens with one attached hydrogen (secondary N) is 1. The summed E-state index contributed by atoms with van der Waals surface area (Å²) in [6.45, 7) is 4.61. The van der Waals surface area contributed by atoms with E-state index in [1.807, 2.05) is 4.90 Å². The second-order valence-electron chi connectivity index (χ2n) is 8.82. The van der Waals surface area contributed by atoms with Crippen molar-refractivity contribution in [3.05, 3.63) is 29.3 Å². The molecule has 0 atom stereocenters. The summed E-state index contributed by atoms with van der Waals surface area (Å²) >= 11 is 0. The second-order valence-corrected chi connectivity index (χ2v) is 8.82. The molecule has 0 bridgehead atoms. The first-order valence-electron chi connectivity index (χ1n) is 11.6. The lowest BCUT2D eigenvalue weighted by atomic mass is 9.83. The maximum atomic E-state index is 13.1. The minimum absolute atomic E-state index is 0.117. The van der Waals surface area contributed by atoms with E-state index in [4.69, 9.17) is 14.6 Å². The summed E-state index contributed by atoms with van der Waals surface area (Å²) in [5, 5.41) is 10.8. The maximum Gasteiger partial charge on any atom is 0.324 e. The number of carbonyl (C=O) groups excluding carboxylic acids is 2. The Morgan fingerprint density at radius 2 is 1.88 bits per heavy atom. The Morgan fingerprint density at radius 3 is 2.56 bits per heavy atom. The van der Waals surface area contributed by atoms with Crippen molar-refractivity contribution in [1.82, 2.24) is 10.2 Å². The standard InChI is InChI=1S/C22H31N3O3.C2H4O2/c1-28-21(26)9-4-16-2-6-19(7-3-16)24-12-13-25(22(24)27)20-8-5-18-15-23-11-10-17(18)14-20;1-2(3)4/h5,8,14,16,19,23H,2-4,6-7,9-13,15H2,1H3;1H3,(H,3,4). The lowest BCUT2D eigenvalue weighted by Crippen LogP contribution is -2.41. The topological polar surface area (TPSA) is 99.2 Å². The van der Waals surface area contributed by atoms with Gasteiger partial charge >= 0.3 is 12.0 Å². The third-order valence-corrected chi connectivity index (χ3v) is 6.67. The molecule has 2 N–H and O–H groups in total. The summed E-state index contributed by atoms with van der Waals surface area (Å²) in [5.41, 5.74) is 3.76. The van der Waals surface area contributed by atoms with Crippen LogP contribution in [0.3, 0.4) is 0 Å². The molecule has 1 aromatic carbocycles. The van der Waals surface area contributed by atoms with E-state index in [2.05, 4.69) is 28.4 Å². The van der Waals surface area contributed by atoms with E-state index in [0.717, 1.165) is 77.3 Å². The number of ether oxygens (including phenoxy) is 1. The zero-order valence-electron chi connectivity index (χ0n) is 19.1. The largest absolute Gasteiger partial charge is 0.481 e. The number of benzene rings is 1. The number of carbonyl (C=O) groups is 3. The van der Waals surface area contributed by atoms with Crippen molar-refractivity contribution < 1.29 is 24.2 Å². The van der Waals surface area contributed by atoms with Crippen molar-refractivity contribution in [3.63, 3.8) is 0 Å². The number of urea groups is 1. The molecule has 2 amide bonds. The molecule has 2 fully saturated rings. The number of methoxy groups -OCH3 is 1. The van der Waals surface area contributed by atoms with Crippen molar-refractivity contribution >= 4 is 23.7 Å². The number of carboxylic acid groups (broad SMARTS) is 1. The van der Waals surface area contributed by atoms with Crippen molar-refractivity contribution in [3.8, 4) is 0 Å². The highest BCUT2D eigenvalue weighted by Crippen LogP contribution is 2.33. The average molecular weight is 446 g/mol. The third kappa shape index (κ3) is 6.22. The first kappa shape index (κ1) is 24.0. The van der Waals surface area contributed by atoms with Gasteiger partial charge in [0.15, 0.2) is 0 Å². The molecule has 3 aliphatic rings. The van der Waals surface area contributed by atoms with E-state index >= 15 is 0 Å². The lowest BCUT2D eigenvalue weighted by molar-refractivity contribution is -0.141. The predicted molar refractivity (Wildman–Crippen MR) is 122 cm³/mol. The molecule has 1 saturated heterocycles. The molecule has 0 unspecified atom stereocenters. The second kappa shape index (κ2) is 11.3. The minimum atomic E-state index is -0.833. The van der Waals surface area contributed by atoms with Crippen LogP contribution in [0.1, 0.15) is 56.6 Å². The van der Waals surface area contributed by atoms with E-state index in [1.165, 1.54) is 18.2 Å². The molecule has 4 rings (SSSR count). The number of anilines is 1. The number of rotatable bonds is 5. The van der Waals surface area contributed by atoms with Crippen LogP contribution in [0.25, 0.3) is 0 Å². The molecule has 1 aliphatic carbocycles. The van der Waals surface area contributed by atoms with Crippen LogP contribution in [-0.4, -0.2) is 60.8 Å². The SMILES string of the molecule is CC(=O)O.COC(=O)CCC1CCC(N2CCN(c3ccc4c(c3)CCNC4)C2=O)CC1. The summed E-state index contributed by atoms with van der Waals surface area (Å²) < 4.78 is 4.75. The number of fused-ring (bicyclic) bond motifs is 1. The summed E-state index contributed by atoms with van der Waals surface area (Å²) in [4.78, 5) is 37.5. The highest BCUT2D eigenvalue weighted by molar-refractivity contribution is 5.94. The summed E-state index contributed by atoms with van der Waals surface area (Å²) in [6.07, 6.45) is 6.72. The molecule has 32 heavy (non-hydrogen) atoms. The molecule has 2 heterocycles. The number of carboxylic acids is 1. The van der Waals surface area contributed by atoms with Crippen LogP contribution < -0.4 is 10.2 Å². The van der Waals surface area contributed by atoms with Crippen LogP contribution in [0.5, 0.6) is 0 Å². The Labute approximate surface area is 189 Å². The highest BCUT2D eigenvalue weighted by Gasteiger charge is 2.36. The highest BCUT2D eigenvalue weighted by atomic mass is 16.5. The van der Waals surface area contributed by atoms with Crippen LogP contribution in [0.2, 0.25) is 0 Å². The maximum absolute atomic E-state index is 13.1. The fourth-order valence-electron chi connectivity index (χ4n) is 4.93. The summed E-state index contributed by atoms with van der Waals surface area (Å²) in [6, 6.07) is 6.97. The quantitative estimate of drug-likeness (QED) is 0.676. The number of aliphatic carboxylic acids is 1. The molecule has 0 aromatic heterocycles. The van der Waals surface area contributed by atoms with Crippen molar-refractivity contribution in [2.45, 2.75) is 64.5 Å². The molecule has 176 valence electrons. The van der Waals surface area contributed by atoms with Crippen molar-refractivity contribution in [2.24, 2.45) is 5.92 Å². The Hall–Kier alpha value is -2.61. The Balaban J connectivity index is 0.000000668. The minimum Gasteiger partial charge on any atom is -0.481 e. The average Bonchev–Trinajstić information content (AvgIpc) is 3.18. The first-order chi connectivity index (χ1) is 15.4. The molecule has 2 aliphatic heterocycles. The van der Waals surface area contributed by atoms with Gasteiger partial charge in [0.25, 0.3) is 5.97 Å². The monoisotopic (exact) mass is 445 g/mol. The molecule has 1 saturated carbocycles. The third-order valence-electron chi connectivity index (χ3n) is 6.67. The van der Waals surface area contributed by atoms with Crippen molar-refractivity contribution in [1.29, 1.82) is 0 Å². The normalized spacial score (nSPS) is 22.6. The Kier molecular flexibility index (Phi) is 8.50. The summed E-state index contributed by atoms with van der Waals surface area (Å²) in [5.74, 6) is -0.369. The van der Waals surface area contributed by atoms with Crippen LogP contribution in [-0.2, 0) is 27.3 Å². The number of hydrogen-bond acceptors (Lipinski definition) is 5. The van der Waals surface area contributed by atoms with Gasteiger partial charge in [0.05, 0.1) is 7.11 Å². The number of amides is 2. The molecular weight excluding hydrogens is 410 g/mol. The molecule has 0 spiro atoms. The van der Waals surface area contributed by atoms with Gasteiger partial charge in [0.1, 0.15) is 0 Å². The number of esters is 1. The van der Waals surface area contributed by atoms with Gasteiger partial charge in [0.2, 0.25) is 0 Å². The Morgan fingerprint density at radius 1 is 1.16 bits per heavy atom. The smallest absolute Gasteiger partial charge is 0.324 e. The van der Waals surface area contributed by atoms with E-state index in [0.29, 0.717) is 18.4 Å². The van der Waals surface area contributed by atoms with Gasteiger partial charge in [-0.2, -0.15) is 0 Å².